The van der Waals surface area contributed by atoms with Crippen LogP contribution in [0.25, 0.3) is 6.08 Å². The normalized spacial score (nSPS) is 28.2. The van der Waals surface area contributed by atoms with Crippen LogP contribution in [0, 0.1) is 5.92 Å². The van der Waals surface area contributed by atoms with Crippen LogP contribution >= 0.6 is 0 Å². The average Bonchev–Trinajstić information content (AvgIpc) is 2.61. The zero-order valence-electron chi connectivity index (χ0n) is 9.02. The van der Waals surface area contributed by atoms with Crippen molar-refractivity contribution >= 4 is 6.08 Å². The molecule has 0 spiro atoms. The zero-order chi connectivity index (χ0) is 10.7. The number of benzene rings is 1. The number of rotatable bonds is 2. The van der Waals surface area contributed by atoms with Gasteiger partial charge in [0.2, 0.25) is 0 Å². The van der Waals surface area contributed by atoms with E-state index in [2.05, 4.69) is 43.8 Å². The highest BCUT2D eigenvalue weighted by atomic mass is 16.5. The van der Waals surface area contributed by atoms with Gasteiger partial charge in [-0.1, -0.05) is 42.5 Å². The van der Waals surface area contributed by atoms with Crippen LogP contribution in [0.3, 0.4) is 0 Å². The molecule has 0 bridgehead atoms. The van der Waals surface area contributed by atoms with E-state index in [1.165, 1.54) is 11.1 Å². The van der Waals surface area contributed by atoms with Crippen LogP contribution in [0.15, 0.2) is 48.6 Å². The number of ether oxygens (including phenoxy) is 1. The van der Waals surface area contributed by atoms with E-state index < -0.39 is 0 Å². The van der Waals surface area contributed by atoms with E-state index in [0.717, 1.165) is 6.61 Å². The highest BCUT2D eigenvalue weighted by molar-refractivity contribution is 5.54. The molecule has 1 saturated heterocycles. The van der Waals surface area contributed by atoms with Crippen molar-refractivity contribution in [2.75, 3.05) is 6.61 Å². The molecule has 2 atom stereocenters. The molecule has 0 amide bonds. The van der Waals surface area contributed by atoms with Gasteiger partial charge in [0.1, 0.15) is 0 Å². The highest BCUT2D eigenvalue weighted by Crippen LogP contribution is 2.28. The lowest BCUT2D eigenvalue weighted by Gasteiger charge is -2.09. The van der Waals surface area contributed by atoms with Crippen molar-refractivity contribution in [1.82, 2.24) is 0 Å². The van der Waals surface area contributed by atoms with Gasteiger partial charge in [-0.3, -0.25) is 0 Å². The van der Waals surface area contributed by atoms with E-state index in [9.17, 15) is 0 Å². The molecule has 1 heteroatoms. The first kappa shape index (κ1) is 10.2. The third-order valence-electron chi connectivity index (χ3n) is 2.85. The minimum absolute atomic E-state index is 0.262. The fourth-order valence-corrected chi connectivity index (χ4v) is 1.97. The molecular formula is C14H16O. The first-order valence-corrected chi connectivity index (χ1v) is 5.31. The second-order valence-electron chi connectivity index (χ2n) is 3.91. The molecule has 15 heavy (non-hydrogen) atoms. The largest absolute Gasteiger partial charge is 0.373 e. The maximum atomic E-state index is 5.60. The molecule has 0 radical (unpaired) electrons. The van der Waals surface area contributed by atoms with Crippen molar-refractivity contribution in [3.8, 4) is 0 Å². The van der Waals surface area contributed by atoms with E-state index in [-0.39, 0.29) is 6.10 Å². The maximum Gasteiger partial charge on any atom is 0.0690 e. The average molecular weight is 200 g/mol. The first-order chi connectivity index (χ1) is 7.31. The predicted molar refractivity (Wildman–Crippen MR) is 63.5 cm³/mol. The molecular weight excluding hydrogens is 184 g/mol. The van der Waals surface area contributed by atoms with Crippen LogP contribution in [-0.2, 0) is 4.74 Å². The number of hydrogen-bond acceptors (Lipinski definition) is 1. The summed E-state index contributed by atoms with van der Waals surface area (Å²) >= 11 is 0. The molecule has 1 heterocycles. The van der Waals surface area contributed by atoms with Gasteiger partial charge in [0, 0.05) is 5.92 Å². The molecule has 1 aromatic carbocycles. The summed E-state index contributed by atoms with van der Waals surface area (Å²) in [5.41, 5.74) is 2.56. The minimum Gasteiger partial charge on any atom is -0.373 e. The molecule has 0 N–H and O–H groups in total. The van der Waals surface area contributed by atoms with Crippen molar-refractivity contribution in [1.29, 1.82) is 0 Å². The summed E-state index contributed by atoms with van der Waals surface area (Å²) in [6, 6.07) is 10.3. The summed E-state index contributed by atoms with van der Waals surface area (Å²) in [7, 11) is 0. The van der Waals surface area contributed by atoms with Gasteiger partial charge in [-0.25, -0.2) is 0 Å². The Kier molecular flexibility index (Phi) is 3.02. The summed E-state index contributed by atoms with van der Waals surface area (Å²) in [6.07, 6.45) is 4.44. The molecule has 1 aromatic rings. The molecule has 78 valence electrons. The lowest BCUT2D eigenvalue weighted by atomic mass is 9.96. The van der Waals surface area contributed by atoms with Crippen molar-refractivity contribution in [3.05, 3.63) is 54.1 Å². The molecule has 0 saturated carbocycles. The van der Waals surface area contributed by atoms with E-state index >= 15 is 0 Å². The topological polar surface area (TPSA) is 9.23 Å². The smallest absolute Gasteiger partial charge is 0.0690 e. The molecule has 1 fully saturated rings. The summed E-state index contributed by atoms with van der Waals surface area (Å²) in [6.45, 7) is 6.69. The van der Waals surface area contributed by atoms with Crippen LogP contribution in [-0.4, -0.2) is 12.7 Å². The monoisotopic (exact) mass is 200 g/mol. The Hall–Kier alpha value is -1.34. The van der Waals surface area contributed by atoms with Gasteiger partial charge in [0.25, 0.3) is 0 Å². The van der Waals surface area contributed by atoms with Gasteiger partial charge in [0.05, 0.1) is 12.7 Å². The minimum atomic E-state index is 0.262. The van der Waals surface area contributed by atoms with Crippen LogP contribution in [0.2, 0.25) is 0 Å². The number of hydrogen-bond donors (Lipinski definition) is 0. The third-order valence-corrected chi connectivity index (χ3v) is 2.85. The van der Waals surface area contributed by atoms with E-state index in [1.54, 1.807) is 0 Å². The second-order valence-corrected chi connectivity index (χ2v) is 3.91. The summed E-state index contributed by atoms with van der Waals surface area (Å²) < 4.78 is 5.60. The zero-order valence-corrected chi connectivity index (χ0v) is 9.02. The molecule has 2 rings (SSSR count). The fraction of sp³-hybridized carbons (Fsp3) is 0.286. The van der Waals surface area contributed by atoms with E-state index in [0.29, 0.717) is 5.92 Å². The summed E-state index contributed by atoms with van der Waals surface area (Å²) in [4.78, 5) is 0. The fourth-order valence-electron chi connectivity index (χ4n) is 1.97. The Labute approximate surface area is 91.1 Å². The van der Waals surface area contributed by atoms with Crippen molar-refractivity contribution in [2.45, 2.75) is 13.0 Å². The SMILES string of the molecule is C=CC1/C(=C/c2ccccc2)CO[C@H]1C. The van der Waals surface area contributed by atoms with Crippen LogP contribution < -0.4 is 0 Å². The maximum absolute atomic E-state index is 5.60. The highest BCUT2D eigenvalue weighted by Gasteiger charge is 2.26. The first-order valence-electron chi connectivity index (χ1n) is 5.31. The van der Waals surface area contributed by atoms with E-state index in [4.69, 9.17) is 4.74 Å². The molecule has 1 aliphatic rings. The van der Waals surface area contributed by atoms with Gasteiger partial charge < -0.3 is 4.74 Å². The predicted octanol–water partition coefficient (Wildman–Crippen LogP) is 3.29. The van der Waals surface area contributed by atoms with Gasteiger partial charge in [0.15, 0.2) is 0 Å². The standard InChI is InChI=1S/C14H16O/c1-3-14-11(2)15-10-13(14)9-12-7-5-4-6-8-12/h3-9,11,14H,1,10H2,2H3/b13-9+/t11-,14?/m0/s1. The van der Waals surface area contributed by atoms with E-state index in [1.807, 2.05) is 12.1 Å². The van der Waals surface area contributed by atoms with Gasteiger partial charge in [-0.05, 0) is 18.1 Å². The van der Waals surface area contributed by atoms with Crippen molar-refractivity contribution < 1.29 is 4.74 Å². The van der Waals surface area contributed by atoms with Crippen LogP contribution in [0.5, 0.6) is 0 Å². The molecule has 1 nitrogen and oxygen atoms in total. The van der Waals surface area contributed by atoms with Crippen molar-refractivity contribution in [3.63, 3.8) is 0 Å². The summed E-state index contributed by atoms with van der Waals surface area (Å²) in [5.74, 6) is 0.366. The van der Waals surface area contributed by atoms with Crippen LogP contribution in [0.1, 0.15) is 12.5 Å². The molecule has 0 aliphatic carbocycles. The molecule has 0 aromatic heterocycles. The quantitative estimate of drug-likeness (QED) is 0.666. The Morgan fingerprint density at radius 3 is 2.73 bits per heavy atom. The Morgan fingerprint density at radius 1 is 1.33 bits per heavy atom. The molecule has 1 aliphatic heterocycles. The van der Waals surface area contributed by atoms with Crippen LogP contribution in [0.4, 0.5) is 0 Å². The third kappa shape index (κ3) is 2.18. The van der Waals surface area contributed by atoms with Gasteiger partial charge in [-0.2, -0.15) is 0 Å². The lowest BCUT2D eigenvalue weighted by Crippen LogP contribution is -2.08. The van der Waals surface area contributed by atoms with Gasteiger partial charge in [-0.15, -0.1) is 6.58 Å². The lowest BCUT2D eigenvalue weighted by molar-refractivity contribution is 0.115. The Bertz CT molecular complexity index is 364. The Morgan fingerprint density at radius 2 is 2.07 bits per heavy atom. The summed E-state index contributed by atoms with van der Waals surface area (Å²) in [5, 5.41) is 0. The second kappa shape index (κ2) is 4.45. The molecule has 1 unspecified atom stereocenters. The Balaban J connectivity index is 2.24. The van der Waals surface area contributed by atoms with Gasteiger partial charge >= 0.3 is 0 Å². The van der Waals surface area contributed by atoms with Crippen molar-refractivity contribution in [2.24, 2.45) is 5.92 Å².